The molecule has 0 radical (unpaired) electrons. The number of hydrogen-bond acceptors (Lipinski definition) is 4. The molecular formula is C11H17NO4S. The Morgan fingerprint density at radius 2 is 1.88 bits per heavy atom. The summed E-state index contributed by atoms with van der Waals surface area (Å²) >= 11 is 0. The molecular weight excluding hydrogens is 242 g/mol. The van der Waals surface area contributed by atoms with Crippen molar-refractivity contribution < 1.29 is 17.4 Å². The van der Waals surface area contributed by atoms with Crippen molar-refractivity contribution in [2.24, 2.45) is 5.41 Å². The summed E-state index contributed by atoms with van der Waals surface area (Å²) in [6.07, 6.45) is 2.48. The third-order valence-electron chi connectivity index (χ3n) is 3.31. The Hall–Kier alpha value is -0.880. The lowest BCUT2D eigenvalue weighted by Crippen LogP contribution is -2.47. The third kappa shape index (κ3) is 2.69. The molecule has 2 aliphatic rings. The summed E-state index contributed by atoms with van der Waals surface area (Å²) in [7, 11) is -3.98. The zero-order valence-corrected chi connectivity index (χ0v) is 10.9. The minimum atomic E-state index is -3.98. The van der Waals surface area contributed by atoms with Crippen molar-refractivity contribution in [3.05, 3.63) is 12.2 Å². The fraction of sp³-hybridized carbons (Fsp3) is 0.727. The quantitative estimate of drug-likeness (QED) is 0.772. The van der Waals surface area contributed by atoms with E-state index in [1.54, 1.807) is 13.8 Å². The molecule has 2 saturated carbocycles. The Bertz CT molecular complexity index is 468. The summed E-state index contributed by atoms with van der Waals surface area (Å²) in [5, 5.41) is 0. The number of hydrogen-bond donors (Lipinski definition) is 1. The molecule has 1 N–H and O–H groups in total. The van der Waals surface area contributed by atoms with E-state index in [9.17, 15) is 13.2 Å². The van der Waals surface area contributed by atoms with Crippen LogP contribution in [0.2, 0.25) is 0 Å². The molecule has 0 atom stereocenters. The normalized spacial score (nSPS) is 24.9. The van der Waals surface area contributed by atoms with Gasteiger partial charge >= 0.3 is 10.3 Å². The van der Waals surface area contributed by atoms with Crippen molar-refractivity contribution in [1.29, 1.82) is 0 Å². The van der Waals surface area contributed by atoms with Gasteiger partial charge in [-0.15, -0.1) is 0 Å². The van der Waals surface area contributed by atoms with Gasteiger partial charge in [-0.05, 0) is 32.6 Å². The van der Waals surface area contributed by atoms with Gasteiger partial charge in [-0.25, -0.2) is 8.91 Å². The zero-order chi connectivity index (χ0) is 12.9. The predicted molar refractivity (Wildman–Crippen MR) is 62.3 cm³/mol. The smallest absolute Gasteiger partial charge is 0.273 e. The highest BCUT2D eigenvalue weighted by molar-refractivity contribution is 7.85. The van der Waals surface area contributed by atoms with Gasteiger partial charge in [0.15, 0.2) is 0 Å². The summed E-state index contributed by atoms with van der Waals surface area (Å²) in [4.78, 5) is 11.8. The van der Waals surface area contributed by atoms with Crippen molar-refractivity contribution in [3.63, 3.8) is 0 Å². The van der Waals surface area contributed by atoms with Crippen LogP contribution in [0, 0.1) is 5.41 Å². The van der Waals surface area contributed by atoms with Crippen LogP contribution in [0.15, 0.2) is 12.2 Å². The summed E-state index contributed by atoms with van der Waals surface area (Å²) in [6, 6.07) is 0. The number of nitrogens with one attached hydrogen (secondary N) is 1. The van der Waals surface area contributed by atoms with Crippen LogP contribution < -0.4 is 4.72 Å². The largest absolute Gasteiger partial charge is 0.362 e. The highest BCUT2D eigenvalue weighted by atomic mass is 32.2. The van der Waals surface area contributed by atoms with E-state index < -0.39 is 27.2 Å². The predicted octanol–water partition coefficient (Wildman–Crippen LogP) is 1.27. The first-order valence-electron chi connectivity index (χ1n) is 5.59. The molecule has 0 bridgehead atoms. The van der Waals surface area contributed by atoms with Crippen LogP contribution >= 0.6 is 0 Å². The maximum Gasteiger partial charge on any atom is 0.362 e. The van der Waals surface area contributed by atoms with Crippen LogP contribution in [0.25, 0.3) is 0 Å². The van der Waals surface area contributed by atoms with Gasteiger partial charge in [-0.2, -0.15) is 8.42 Å². The fourth-order valence-corrected chi connectivity index (χ4v) is 3.21. The minimum absolute atomic E-state index is 0.505. The van der Waals surface area contributed by atoms with Crippen LogP contribution in [0.3, 0.4) is 0 Å². The summed E-state index contributed by atoms with van der Waals surface area (Å²) < 4.78 is 30.1. The lowest BCUT2D eigenvalue weighted by atomic mass is 9.67. The Kier molecular flexibility index (Phi) is 2.63. The first-order valence-corrected chi connectivity index (χ1v) is 7.00. The lowest BCUT2D eigenvalue weighted by Gasteiger charge is -2.38. The van der Waals surface area contributed by atoms with Gasteiger partial charge in [-0.3, -0.25) is 4.79 Å². The van der Waals surface area contributed by atoms with Crippen LogP contribution in [0.1, 0.15) is 39.5 Å². The molecule has 5 nitrogen and oxygen atoms in total. The molecule has 96 valence electrons. The van der Waals surface area contributed by atoms with Crippen LogP contribution in [0.4, 0.5) is 0 Å². The van der Waals surface area contributed by atoms with Crippen LogP contribution in [-0.2, 0) is 19.3 Å². The van der Waals surface area contributed by atoms with E-state index in [0.29, 0.717) is 25.7 Å². The molecule has 0 heterocycles. The van der Waals surface area contributed by atoms with Crippen LogP contribution in [-0.4, -0.2) is 19.9 Å². The number of rotatable bonds is 4. The van der Waals surface area contributed by atoms with E-state index in [4.69, 9.17) is 4.18 Å². The number of carbonyl (C=O) groups excluding carboxylic acids is 1. The molecule has 2 aliphatic carbocycles. The van der Waals surface area contributed by atoms with Crippen molar-refractivity contribution >= 4 is 16.2 Å². The van der Waals surface area contributed by atoms with Gasteiger partial charge in [0.05, 0.1) is 11.0 Å². The molecule has 0 aromatic rings. The van der Waals surface area contributed by atoms with E-state index in [1.807, 2.05) is 4.72 Å². The van der Waals surface area contributed by atoms with Gasteiger partial charge < -0.3 is 0 Å². The number of allylic oxidation sites excluding steroid dienone is 1. The van der Waals surface area contributed by atoms with Gasteiger partial charge in [0, 0.05) is 0 Å². The average molecular weight is 259 g/mol. The summed E-state index contributed by atoms with van der Waals surface area (Å²) in [5.41, 5.74) is -0.302. The van der Waals surface area contributed by atoms with E-state index in [1.165, 1.54) is 0 Å². The summed E-state index contributed by atoms with van der Waals surface area (Å²) in [5.74, 6) is -0.505. The van der Waals surface area contributed by atoms with Crippen molar-refractivity contribution in [3.8, 4) is 0 Å². The second-order valence-corrected chi connectivity index (χ2v) is 6.86. The van der Waals surface area contributed by atoms with Crippen molar-refractivity contribution in [2.75, 3.05) is 0 Å². The SMILES string of the molecule is C=C1CC(C)(C(=O)NS(=O)(=O)OC2(C)CC2)C1. The van der Waals surface area contributed by atoms with E-state index in [-0.39, 0.29) is 0 Å². The van der Waals surface area contributed by atoms with E-state index in [0.717, 1.165) is 5.57 Å². The fourth-order valence-electron chi connectivity index (χ4n) is 1.99. The standard InChI is InChI=1S/C11H17NO4S/c1-8-6-10(2,7-8)9(13)12-17(14,15)16-11(3)4-5-11/h1,4-7H2,2-3H3,(H,12,13). The molecule has 0 aromatic carbocycles. The molecule has 2 rings (SSSR count). The molecule has 1 amide bonds. The van der Waals surface area contributed by atoms with Crippen molar-refractivity contribution in [2.45, 2.75) is 45.1 Å². The highest BCUT2D eigenvalue weighted by Crippen LogP contribution is 2.44. The molecule has 0 unspecified atom stereocenters. The van der Waals surface area contributed by atoms with E-state index in [2.05, 4.69) is 6.58 Å². The number of amides is 1. The van der Waals surface area contributed by atoms with Gasteiger partial charge in [0.1, 0.15) is 0 Å². The maximum atomic E-state index is 11.8. The first kappa shape index (κ1) is 12.6. The van der Waals surface area contributed by atoms with Gasteiger partial charge in [0.25, 0.3) is 0 Å². The molecule has 17 heavy (non-hydrogen) atoms. The van der Waals surface area contributed by atoms with Crippen LogP contribution in [0.5, 0.6) is 0 Å². The molecule has 0 aliphatic heterocycles. The van der Waals surface area contributed by atoms with Gasteiger partial charge in [0.2, 0.25) is 5.91 Å². The van der Waals surface area contributed by atoms with Crippen molar-refractivity contribution in [1.82, 2.24) is 4.72 Å². The molecule has 2 fully saturated rings. The van der Waals surface area contributed by atoms with E-state index >= 15 is 0 Å². The molecule has 6 heteroatoms. The molecule has 0 saturated heterocycles. The minimum Gasteiger partial charge on any atom is -0.273 e. The second-order valence-electron chi connectivity index (χ2n) is 5.58. The third-order valence-corrected chi connectivity index (χ3v) is 4.37. The zero-order valence-electron chi connectivity index (χ0n) is 10.1. The Morgan fingerprint density at radius 1 is 1.35 bits per heavy atom. The second kappa shape index (κ2) is 3.55. The Morgan fingerprint density at radius 3 is 2.29 bits per heavy atom. The molecule has 0 spiro atoms. The number of carbonyl (C=O) groups is 1. The average Bonchev–Trinajstić information content (AvgIpc) is 2.78. The Balaban J connectivity index is 1.96. The monoisotopic (exact) mass is 259 g/mol. The highest BCUT2D eigenvalue weighted by Gasteiger charge is 2.47. The lowest BCUT2D eigenvalue weighted by molar-refractivity contribution is -0.130. The summed E-state index contributed by atoms with van der Waals surface area (Å²) in [6.45, 7) is 7.18. The Labute approximate surface area is 101 Å². The molecule has 0 aromatic heterocycles. The first-order chi connectivity index (χ1) is 7.64. The maximum absolute atomic E-state index is 11.8. The van der Waals surface area contributed by atoms with Gasteiger partial charge in [-0.1, -0.05) is 19.1 Å². The topological polar surface area (TPSA) is 72.5 Å².